The minimum atomic E-state index is -4.01. The standard InChI is InChI=1S/C20H21ClN4O5S/c1-12-15(13(2)30-23-12)8-9-25(3)19-16(20(26)27)10-14(11-22-19)24-31(28,29)18-7-5-4-6-17(18)21/h4-7,10-11,24H,8-9H2,1-3H3,(H,26,27). The summed E-state index contributed by atoms with van der Waals surface area (Å²) in [6, 6.07) is 7.18. The van der Waals surface area contributed by atoms with Crippen LogP contribution in [0.5, 0.6) is 0 Å². The van der Waals surface area contributed by atoms with Gasteiger partial charge < -0.3 is 14.5 Å². The molecule has 0 aliphatic carbocycles. The molecule has 0 aliphatic rings. The maximum atomic E-state index is 12.6. The number of likely N-dealkylation sites (N-methyl/N-ethyl adjacent to an activating group) is 1. The topological polar surface area (TPSA) is 126 Å². The Morgan fingerprint density at radius 1 is 1.29 bits per heavy atom. The number of sulfonamides is 1. The highest BCUT2D eigenvalue weighted by molar-refractivity contribution is 7.92. The third kappa shape index (κ3) is 4.97. The highest BCUT2D eigenvalue weighted by atomic mass is 35.5. The maximum Gasteiger partial charge on any atom is 0.339 e. The molecule has 0 radical (unpaired) electrons. The fourth-order valence-corrected chi connectivity index (χ4v) is 4.65. The van der Waals surface area contributed by atoms with E-state index in [0.717, 1.165) is 11.3 Å². The molecule has 3 rings (SSSR count). The third-order valence-electron chi connectivity index (χ3n) is 4.72. The number of aromatic nitrogens is 2. The van der Waals surface area contributed by atoms with Gasteiger partial charge in [-0.15, -0.1) is 0 Å². The van der Waals surface area contributed by atoms with Gasteiger partial charge in [0.2, 0.25) is 0 Å². The zero-order valence-electron chi connectivity index (χ0n) is 17.1. The first-order valence-electron chi connectivity index (χ1n) is 9.23. The van der Waals surface area contributed by atoms with Crippen LogP contribution in [0, 0.1) is 13.8 Å². The number of rotatable bonds is 8. The lowest BCUT2D eigenvalue weighted by Crippen LogP contribution is -2.24. The number of pyridine rings is 1. The van der Waals surface area contributed by atoms with Crippen molar-refractivity contribution in [3.8, 4) is 0 Å². The average molecular weight is 465 g/mol. The van der Waals surface area contributed by atoms with Gasteiger partial charge in [0.25, 0.3) is 10.0 Å². The van der Waals surface area contributed by atoms with Gasteiger partial charge in [0, 0.05) is 19.2 Å². The van der Waals surface area contributed by atoms with Gasteiger partial charge in [0.15, 0.2) is 0 Å². The molecule has 2 N–H and O–H groups in total. The van der Waals surface area contributed by atoms with Crippen molar-refractivity contribution in [3.05, 3.63) is 64.1 Å². The van der Waals surface area contributed by atoms with Crippen LogP contribution in [0.4, 0.5) is 11.5 Å². The fourth-order valence-electron chi connectivity index (χ4n) is 3.09. The summed E-state index contributed by atoms with van der Waals surface area (Å²) in [5.41, 5.74) is 1.61. The maximum absolute atomic E-state index is 12.6. The predicted molar refractivity (Wildman–Crippen MR) is 116 cm³/mol. The number of carboxylic acid groups (broad SMARTS) is 1. The number of nitrogens with one attached hydrogen (secondary N) is 1. The van der Waals surface area contributed by atoms with E-state index in [0.29, 0.717) is 18.7 Å². The van der Waals surface area contributed by atoms with Crippen molar-refractivity contribution in [2.45, 2.75) is 25.2 Å². The van der Waals surface area contributed by atoms with Crippen LogP contribution in [0.2, 0.25) is 5.02 Å². The van der Waals surface area contributed by atoms with Gasteiger partial charge in [0.05, 0.1) is 22.6 Å². The summed E-state index contributed by atoms with van der Waals surface area (Å²) in [7, 11) is -2.31. The first kappa shape index (κ1) is 22.6. The van der Waals surface area contributed by atoms with Crippen LogP contribution in [0.1, 0.15) is 27.4 Å². The Labute approximate surface area is 184 Å². The zero-order valence-corrected chi connectivity index (χ0v) is 18.7. The second kappa shape index (κ2) is 8.94. The van der Waals surface area contributed by atoms with Crippen molar-refractivity contribution in [3.63, 3.8) is 0 Å². The second-order valence-corrected chi connectivity index (χ2v) is 8.97. The van der Waals surface area contributed by atoms with E-state index >= 15 is 0 Å². The van der Waals surface area contributed by atoms with Crippen LogP contribution in [-0.2, 0) is 16.4 Å². The number of benzene rings is 1. The Hall–Kier alpha value is -3.11. The molecule has 0 saturated carbocycles. The summed E-state index contributed by atoms with van der Waals surface area (Å²) in [5.74, 6) is -0.313. The molecule has 0 unspecified atom stereocenters. The molecular weight excluding hydrogens is 444 g/mol. The van der Waals surface area contributed by atoms with Crippen molar-refractivity contribution < 1.29 is 22.8 Å². The van der Waals surface area contributed by atoms with Gasteiger partial charge in [-0.25, -0.2) is 18.2 Å². The van der Waals surface area contributed by atoms with Crippen molar-refractivity contribution in [2.75, 3.05) is 23.2 Å². The molecule has 2 heterocycles. The predicted octanol–water partition coefficient (Wildman–Crippen LogP) is 3.52. The summed E-state index contributed by atoms with van der Waals surface area (Å²) in [6.45, 7) is 4.11. The molecular formula is C20H21ClN4O5S. The molecule has 31 heavy (non-hydrogen) atoms. The number of anilines is 2. The SMILES string of the molecule is Cc1noc(C)c1CCN(C)c1ncc(NS(=O)(=O)c2ccccc2Cl)cc1C(=O)O. The van der Waals surface area contributed by atoms with Crippen molar-refractivity contribution in [1.29, 1.82) is 0 Å². The van der Waals surface area contributed by atoms with Gasteiger partial charge in [-0.1, -0.05) is 28.9 Å². The molecule has 2 aromatic heterocycles. The Kier molecular flexibility index (Phi) is 6.51. The van der Waals surface area contributed by atoms with E-state index in [4.69, 9.17) is 16.1 Å². The highest BCUT2D eigenvalue weighted by Gasteiger charge is 2.21. The van der Waals surface area contributed by atoms with Gasteiger partial charge in [-0.05, 0) is 38.5 Å². The van der Waals surface area contributed by atoms with Crippen LogP contribution >= 0.6 is 11.6 Å². The normalized spacial score (nSPS) is 11.4. The number of carboxylic acids is 1. The Morgan fingerprint density at radius 2 is 2.00 bits per heavy atom. The monoisotopic (exact) mass is 464 g/mol. The molecule has 0 saturated heterocycles. The smallest absolute Gasteiger partial charge is 0.339 e. The van der Waals surface area contributed by atoms with Crippen LogP contribution in [0.25, 0.3) is 0 Å². The molecule has 11 heteroatoms. The molecule has 0 aliphatic heterocycles. The van der Waals surface area contributed by atoms with E-state index in [-0.39, 0.29) is 27.0 Å². The fraction of sp³-hybridized carbons (Fsp3) is 0.250. The first-order valence-corrected chi connectivity index (χ1v) is 11.1. The van der Waals surface area contributed by atoms with E-state index < -0.39 is 16.0 Å². The van der Waals surface area contributed by atoms with Crippen molar-refractivity contribution >= 4 is 39.1 Å². The summed E-state index contributed by atoms with van der Waals surface area (Å²) >= 11 is 5.98. The highest BCUT2D eigenvalue weighted by Crippen LogP contribution is 2.26. The molecule has 0 bridgehead atoms. The van der Waals surface area contributed by atoms with Gasteiger partial charge >= 0.3 is 5.97 Å². The van der Waals surface area contributed by atoms with E-state index in [1.54, 1.807) is 24.1 Å². The van der Waals surface area contributed by atoms with Gasteiger partial charge in [0.1, 0.15) is 22.0 Å². The minimum Gasteiger partial charge on any atom is -0.478 e. The zero-order chi connectivity index (χ0) is 22.8. The largest absolute Gasteiger partial charge is 0.478 e. The van der Waals surface area contributed by atoms with Gasteiger partial charge in [-0.2, -0.15) is 0 Å². The summed E-state index contributed by atoms with van der Waals surface area (Å²) in [5, 5.41) is 13.6. The average Bonchev–Trinajstić information content (AvgIpc) is 3.03. The number of hydrogen-bond donors (Lipinski definition) is 2. The Balaban J connectivity index is 1.84. The summed E-state index contributed by atoms with van der Waals surface area (Å²) < 4.78 is 32.7. The number of nitrogens with zero attached hydrogens (tertiary/aromatic N) is 3. The molecule has 0 fully saturated rings. The number of hydrogen-bond acceptors (Lipinski definition) is 7. The molecule has 1 aromatic carbocycles. The first-order chi connectivity index (χ1) is 14.6. The second-order valence-electron chi connectivity index (χ2n) is 6.91. The Morgan fingerprint density at radius 3 is 2.61 bits per heavy atom. The van der Waals surface area contributed by atoms with Crippen molar-refractivity contribution in [2.24, 2.45) is 0 Å². The van der Waals surface area contributed by atoms with E-state index in [9.17, 15) is 18.3 Å². The van der Waals surface area contributed by atoms with Crippen LogP contribution in [0.3, 0.4) is 0 Å². The molecule has 3 aromatic rings. The molecule has 9 nitrogen and oxygen atoms in total. The number of halogens is 1. The van der Waals surface area contributed by atoms with Crippen LogP contribution < -0.4 is 9.62 Å². The van der Waals surface area contributed by atoms with E-state index in [2.05, 4.69) is 14.9 Å². The van der Waals surface area contributed by atoms with E-state index in [1.807, 2.05) is 13.8 Å². The minimum absolute atomic E-state index is 0.0141. The molecule has 164 valence electrons. The van der Waals surface area contributed by atoms with Crippen LogP contribution in [-0.4, -0.2) is 43.2 Å². The number of aromatic carboxylic acids is 1. The lowest BCUT2D eigenvalue weighted by Gasteiger charge is -2.20. The van der Waals surface area contributed by atoms with Crippen molar-refractivity contribution in [1.82, 2.24) is 10.1 Å². The molecule has 0 spiro atoms. The lowest BCUT2D eigenvalue weighted by molar-refractivity contribution is 0.0697. The lowest BCUT2D eigenvalue weighted by atomic mass is 10.1. The number of aryl methyl sites for hydroxylation is 2. The van der Waals surface area contributed by atoms with E-state index in [1.165, 1.54) is 24.4 Å². The quantitative estimate of drug-likeness (QED) is 0.518. The van der Waals surface area contributed by atoms with Crippen LogP contribution in [0.15, 0.2) is 45.9 Å². The van der Waals surface area contributed by atoms with Gasteiger partial charge in [-0.3, -0.25) is 4.72 Å². The number of carbonyl (C=O) groups is 1. The summed E-state index contributed by atoms with van der Waals surface area (Å²) in [6.07, 6.45) is 1.85. The molecule has 0 amide bonds. The Bertz CT molecular complexity index is 1210. The molecule has 0 atom stereocenters. The summed E-state index contributed by atoms with van der Waals surface area (Å²) in [4.78, 5) is 17.6. The third-order valence-corrected chi connectivity index (χ3v) is 6.60.